The lowest BCUT2D eigenvalue weighted by Crippen LogP contribution is -2.55. The van der Waals surface area contributed by atoms with Crippen molar-refractivity contribution in [2.75, 3.05) is 14.1 Å². The molecular formula is C15H25N3O3. The molecule has 1 unspecified atom stereocenters. The molecule has 6 nitrogen and oxygen atoms in total. The molecule has 2 N–H and O–H groups in total. The summed E-state index contributed by atoms with van der Waals surface area (Å²) in [7, 11) is 3.37. The Morgan fingerprint density at radius 1 is 1.29 bits per heavy atom. The first-order valence-electron chi connectivity index (χ1n) is 7.76. The standard InChI is InChI=1S/C15H25N3O3/c1-16-15(8-4-3-5-9-15)10-12(19)17-11-6-7-13(20)18(2)14(11)21/h11,16H,3-10H2,1-2H3,(H,17,19). The zero-order chi connectivity index (χ0) is 15.5. The molecule has 2 fully saturated rings. The summed E-state index contributed by atoms with van der Waals surface area (Å²) in [6, 6.07) is -0.558. The Balaban J connectivity index is 1.92. The SMILES string of the molecule is CNC1(CC(=O)NC2CCC(=O)N(C)C2=O)CCCCC1. The van der Waals surface area contributed by atoms with Crippen molar-refractivity contribution in [2.24, 2.45) is 0 Å². The lowest BCUT2D eigenvalue weighted by molar-refractivity contribution is -0.149. The number of likely N-dealkylation sites (tertiary alicyclic amines) is 1. The lowest BCUT2D eigenvalue weighted by atomic mass is 9.79. The fourth-order valence-electron chi connectivity index (χ4n) is 3.35. The highest BCUT2D eigenvalue weighted by Gasteiger charge is 2.36. The fraction of sp³-hybridized carbons (Fsp3) is 0.800. The minimum atomic E-state index is -0.558. The number of imide groups is 1. The van der Waals surface area contributed by atoms with Gasteiger partial charge in [-0.15, -0.1) is 0 Å². The molecule has 118 valence electrons. The number of amides is 3. The predicted octanol–water partition coefficient (Wildman–Crippen LogP) is 0.562. The Morgan fingerprint density at radius 2 is 1.95 bits per heavy atom. The van der Waals surface area contributed by atoms with Crippen molar-refractivity contribution >= 4 is 17.7 Å². The van der Waals surface area contributed by atoms with Crippen molar-refractivity contribution < 1.29 is 14.4 Å². The number of nitrogens with one attached hydrogen (secondary N) is 2. The van der Waals surface area contributed by atoms with Crippen molar-refractivity contribution in [1.29, 1.82) is 0 Å². The smallest absolute Gasteiger partial charge is 0.251 e. The van der Waals surface area contributed by atoms with Gasteiger partial charge in [0.1, 0.15) is 6.04 Å². The molecule has 0 aromatic rings. The van der Waals surface area contributed by atoms with E-state index in [-0.39, 0.29) is 23.3 Å². The molecule has 1 aliphatic carbocycles. The monoisotopic (exact) mass is 295 g/mol. The van der Waals surface area contributed by atoms with Crippen molar-refractivity contribution in [3.05, 3.63) is 0 Å². The van der Waals surface area contributed by atoms with Gasteiger partial charge in [-0.2, -0.15) is 0 Å². The van der Waals surface area contributed by atoms with Gasteiger partial charge in [0.2, 0.25) is 11.8 Å². The normalized spacial score (nSPS) is 25.8. The molecule has 0 radical (unpaired) electrons. The summed E-state index contributed by atoms with van der Waals surface area (Å²) < 4.78 is 0. The van der Waals surface area contributed by atoms with Crippen LogP contribution in [-0.4, -0.2) is 48.3 Å². The van der Waals surface area contributed by atoms with Crippen LogP contribution in [0.25, 0.3) is 0 Å². The van der Waals surface area contributed by atoms with E-state index in [4.69, 9.17) is 0 Å². The summed E-state index contributed by atoms with van der Waals surface area (Å²) in [6.07, 6.45) is 6.58. The molecule has 1 atom stereocenters. The molecular weight excluding hydrogens is 270 g/mol. The van der Waals surface area contributed by atoms with Gasteiger partial charge in [0.15, 0.2) is 0 Å². The summed E-state index contributed by atoms with van der Waals surface area (Å²) in [5, 5.41) is 6.11. The largest absolute Gasteiger partial charge is 0.344 e. The zero-order valence-corrected chi connectivity index (χ0v) is 12.9. The van der Waals surface area contributed by atoms with Crippen LogP contribution in [0.2, 0.25) is 0 Å². The maximum atomic E-state index is 12.3. The van der Waals surface area contributed by atoms with Crippen LogP contribution in [0.3, 0.4) is 0 Å². The van der Waals surface area contributed by atoms with E-state index in [9.17, 15) is 14.4 Å². The highest BCUT2D eigenvalue weighted by atomic mass is 16.2. The molecule has 1 saturated heterocycles. The second-order valence-corrected chi connectivity index (χ2v) is 6.22. The molecule has 0 aromatic carbocycles. The molecule has 2 rings (SSSR count). The predicted molar refractivity (Wildman–Crippen MR) is 78.4 cm³/mol. The van der Waals surface area contributed by atoms with Crippen molar-refractivity contribution in [1.82, 2.24) is 15.5 Å². The number of likely N-dealkylation sites (N-methyl/N-ethyl adjacent to an activating group) is 1. The Morgan fingerprint density at radius 3 is 2.57 bits per heavy atom. The van der Waals surface area contributed by atoms with Gasteiger partial charge in [0, 0.05) is 25.4 Å². The highest BCUT2D eigenvalue weighted by molar-refractivity contribution is 6.01. The third-order valence-electron chi connectivity index (χ3n) is 4.82. The number of hydrogen-bond donors (Lipinski definition) is 2. The van der Waals surface area contributed by atoms with E-state index in [2.05, 4.69) is 10.6 Å². The average Bonchev–Trinajstić information content (AvgIpc) is 2.49. The molecule has 1 heterocycles. The molecule has 2 aliphatic rings. The van der Waals surface area contributed by atoms with Crippen LogP contribution in [0.1, 0.15) is 51.4 Å². The van der Waals surface area contributed by atoms with Crippen LogP contribution in [-0.2, 0) is 14.4 Å². The van der Waals surface area contributed by atoms with Crippen LogP contribution >= 0.6 is 0 Å². The number of hydrogen-bond acceptors (Lipinski definition) is 4. The molecule has 0 spiro atoms. The number of piperidine rings is 1. The molecule has 6 heteroatoms. The number of carbonyl (C=O) groups is 3. The van der Waals surface area contributed by atoms with E-state index in [0.29, 0.717) is 19.3 Å². The van der Waals surface area contributed by atoms with Gasteiger partial charge in [-0.25, -0.2) is 0 Å². The minimum absolute atomic E-state index is 0.104. The highest BCUT2D eigenvalue weighted by Crippen LogP contribution is 2.30. The first-order chi connectivity index (χ1) is 9.97. The van der Waals surface area contributed by atoms with Crippen LogP contribution in [0.5, 0.6) is 0 Å². The second-order valence-electron chi connectivity index (χ2n) is 6.22. The van der Waals surface area contributed by atoms with Crippen LogP contribution in [0, 0.1) is 0 Å². The molecule has 3 amide bonds. The van der Waals surface area contributed by atoms with Crippen LogP contribution < -0.4 is 10.6 Å². The second kappa shape index (κ2) is 6.56. The molecule has 0 bridgehead atoms. The Bertz CT molecular complexity index is 430. The topological polar surface area (TPSA) is 78.5 Å². The summed E-state index contributed by atoms with van der Waals surface area (Å²) >= 11 is 0. The van der Waals surface area contributed by atoms with E-state index in [1.807, 2.05) is 7.05 Å². The molecule has 1 saturated carbocycles. The van der Waals surface area contributed by atoms with Gasteiger partial charge in [0.05, 0.1) is 0 Å². The first-order valence-corrected chi connectivity index (χ1v) is 7.76. The Hall–Kier alpha value is -1.43. The minimum Gasteiger partial charge on any atom is -0.344 e. The summed E-state index contributed by atoms with van der Waals surface area (Å²) in [5.74, 6) is -0.585. The lowest BCUT2D eigenvalue weighted by Gasteiger charge is -2.37. The molecule has 21 heavy (non-hydrogen) atoms. The third kappa shape index (κ3) is 3.61. The molecule has 0 aromatic heterocycles. The number of carbonyl (C=O) groups excluding carboxylic acids is 3. The van der Waals surface area contributed by atoms with Crippen molar-refractivity contribution in [2.45, 2.75) is 62.9 Å². The first kappa shape index (κ1) is 15.9. The number of rotatable bonds is 4. The number of nitrogens with zero attached hydrogens (tertiary/aromatic N) is 1. The van der Waals surface area contributed by atoms with Gasteiger partial charge in [0.25, 0.3) is 5.91 Å². The van der Waals surface area contributed by atoms with Crippen molar-refractivity contribution in [3.8, 4) is 0 Å². The maximum Gasteiger partial charge on any atom is 0.251 e. The van der Waals surface area contributed by atoms with Gasteiger partial charge < -0.3 is 10.6 Å². The average molecular weight is 295 g/mol. The quantitative estimate of drug-likeness (QED) is 0.743. The zero-order valence-electron chi connectivity index (χ0n) is 12.9. The summed E-state index contributed by atoms with van der Waals surface area (Å²) in [5.41, 5.74) is -0.137. The molecule has 1 aliphatic heterocycles. The maximum absolute atomic E-state index is 12.3. The van der Waals surface area contributed by atoms with Gasteiger partial charge in [-0.1, -0.05) is 19.3 Å². The van der Waals surface area contributed by atoms with E-state index in [0.717, 1.165) is 30.6 Å². The van der Waals surface area contributed by atoms with Gasteiger partial charge in [-0.3, -0.25) is 19.3 Å². The van der Waals surface area contributed by atoms with Crippen LogP contribution in [0.15, 0.2) is 0 Å². The van der Waals surface area contributed by atoms with E-state index >= 15 is 0 Å². The Labute approximate surface area is 125 Å². The van der Waals surface area contributed by atoms with E-state index < -0.39 is 6.04 Å². The van der Waals surface area contributed by atoms with Crippen LogP contribution in [0.4, 0.5) is 0 Å². The Kier molecular flexibility index (Phi) is 4.98. The van der Waals surface area contributed by atoms with E-state index in [1.54, 1.807) is 0 Å². The summed E-state index contributed by atoms with van der Waals surface area (Å²) in [4.78, 5) is 36.8. The van der Waals surface area contributed by atoms with Crippen molar-refractivity contribution in [3.63, 3.8) is 0 Å². The van der Waals surface area contributed by atoms with E-state index in [1.165, 1.54) is 13.5 Å². The fourth-order valence-corrected chi connectivity index (χ4v) is 3.35. The third-order valence-corrected chi connectivity index (χ3v) is 4.82. The van der Waals surface area contributed by atoms with Gasteiger partial charge in [-0.05, 0) is 26.3 Å². The summed E-state index contributed by atoms with van der Waals surface area (Å²) in [6.45, 7) is 0. The van der Waals surface area contributed by atoms with Gasteiger partial charge >= 0.3 is 0 Å².